The van der Waals surface area contributed by atoms with E-state index in [9.17, 15) is 0 Å². The third-order valence-corrected chi connectivity index (χ3v) is 19.4. The molecule has 20 rings (SSSR count). The number of fused-ring (bicyclic) bond motifs is 18. The summed E-state index contributed by atoms with van der Waals surface area (Å²) in [6.07, 6.45) is 0. The van der Waals surface area contributed by atoms with E-state index >= 15 is 0 Å². The average molecular weight is 1150 g/mol. The quantitative estimate of drug-likeness (QED) is 0.152. The minimum Gasteiger partial charge on any atom is -0.309 e. The van der Waals surface area contributed by atoms with Crippen molar-refractivity contribution in [1.82, 2.24) is 27.8 Å². The summed E-state index contributed by atoms with van der Waals surface area (Å²) in [7, 11) is 0. The molecule has 20 aromatic rings. The predicted octanol–water partition coefficient (Wildman–Crippen LogP) is 21.9. The molecule has 0 saturated heterocycles. The molecule has 0 amide bonds. The SMILES string of the molecule is c1ccc(-n2c3ccccc3c3cc(-c4ccc5c6ccccc6n(-n6c7ccccc7c7cc(-c8ccc9c%10ccccc%10n(-n%10c%11ccccc%11c%11cc(-c%12ccc%13c%14ccccc%14n(-c%14ccccc%14)c%13c%12)ccc%11%10)c9c8)ccc76)c5c4)ccc32)cc1. The summed E-state index contributed by atoms with van der Waals surface area (Å²) >= 11 is 0. The van der Waals surface area contributed by atoms with Crippen LogP contribution >= 0.6 is 0 Å². The van der Waals surface area contributed by atoms with E-state index < -0.39 is 0 Å². The number of hydrogen-bond donors (Lipinski definition) is 0. The van der Waals surface area contributed by atoms with Crippen molar-refractivity contribution in [3.8, 4) is 44.8 Å². The highest BCUT2D eigenvalue weighted by Crippen LogP contribution is 2.44. The van der Waals surface area contributed by atoms with Crippen LogP contribution in [-0.2, 0) is 0 Å². The molecule has 6 nitrogen and oxygen atoms in total. The van der Waals surface area contributed by atoms with Gasteiger partial charge in [-0.25, -0.2) is 18.7 Å². The number of aromatic nitrogens is 6. The van der Waals surface area contributed by atoms with Gasteiger partial charge in [0.1, 0.15) is 0 Å². The monoisotopic (exact) mass is 1140 g/mol. The Balaban J connectivity index is 0.737. The summed E-state index contributed by atoms with van der Waals surface area (Å²) in [6, 6.07) is 117. The second kappa shape index (κ2) is 18.7. The minimum atomic E-state index is 1.14. The lowest BCUT2D eigenvalue weighted by Gasteiger charge is -2.15. The summed E-state index contributed by atoms with van der Waals surface area (Å²) in [5.41, 5.74) is 23.3. The topological polar surface area (TPSA) is 29.6 Å². The molecule has 0 unspecified atom stereocenters. The van der Waals surface area contributed by atoms with Gasteiger partial charge >= 0.3 is 0 Å². The summed E-state index contributed by atoms with van der Waals surface area (Å²) in [5, 5.41) is 14.7. The van der Waals surface area contributed by atoms with Crippen molar-refractivity contribution < 1.29 is 0 Å². The van der Waals surface area contributed by atoms with Crippen molar-refractivity contribution in [1.29, 1.82) is 0 Å². The standard InChI is InChI=1S/C84H52N6/c1-3-19-59(20-4-1)85-74-30-14-8-26-64(74)70-47-53(38-44-75(70)85)57-36-42-68-62-24-9-15-31-76(62)89(83(68)51-57)88-79-34-18-12-28-66(79)72-49-55(40-46-81(72)88)58-37-43-69-63-25-10-16-32-77(63)90(84(69)52-58)87-78-33-17-11-27-65(78)71-48-54(39-45-80(71)87)56-35-41-67-61-23-7-13-29-73(61)86(82(67)50-56)60-21-5-2-6-22-60/h1-52H. The molecule has 0 N–H and O–H groups in total. The molecule has 0 saturated carbocycles. The molecule has 6 heteroatoms. The van der Waals surface area contributed by atoms with E-state index in [0.29, 0.717) is 0 Å². The van der Waals surface area contributed by atoms with Crippen molar-refractivity contribution in [3.05, 3.63) is 315 Å². The van der Waals surface area contributed by atoms with E-state index in [1.165, 1.54) is 109 Å². The van der Waals surface area contributed by atoms with Gasteiger partial charge in [0, 0.05) is 76.0 Å². The molecule has 0 fully saturated rings. The lowest BCUT2D eigenvalue weighted by molar-refractivity contribution is 0.775. The van der Waals surface area contributed by atoms with Crippen LogP contribution in [0.15, 0.2) is 315 Å². The first-order valence-corrected chi connectivity index (χ1v) is 31.0. The maximum atomic E-state index is 2.46. The molecule has 0 aliphatic carbocycles. The Hall–Kier alpha value is -12.1. The Labute approximate surface area is 515 Å². The van der Waals surface area contributed by atoms with Gasteiger partial charge in [0.05, 0.1) is 66.2 Å². The third kappa shape index (κ3) is 6.92. The maximum absolute atomic E-state index is 2.46. The summed E-state index contributed by atoms with van der Waals surface area (Å²) in [4.78, 5) is 0. The summed E-state index contributed by atoms with van der Waals surface area (Å²) in [5.74, 6) is 0. The van der Waals surface area contributed by atoms with E-state index in [1.54, 1.807) is 0 Å². The van der Waals surface area contributed by atoms with Crippen molar-refractivity contribution in [3.63, 3.8) is 0 Å². The minimum absolute atomic E-state index is 1.14. The van der Waals surface area contributed by atoms with Crippen LogP contribution in [0.1, 0.15) is 0 Å². The molecule has 90 heavy (non-hydrogen) atoms. The van der Waals surface area contributed by atoms with Gasteiger partial charge in [0.25, 0.3) is 0 Å². The molecule has 0 radical (unpaired) electrons. The van der Waals surface area contributed by atoms with Crippen LogP contribution in [0.2, 0.25) is 0 Å². The largest absolute Gasteiger partial charge is 0.309 e. The molecule has 0 aliphatic rings. The van der Waals surface area contributed by atoms with E-state index in [2.05, 4.69) is 343 Å². The Morgan fingerprint density at radius 1 is 0.133 bits per heavy atom. The highest BCUT2D eigenvalue weighted by atomic mass is 15.5. The Kier molecular flexibility index (Phi) is 10.2. The number of benzene rings is 14. The molecule has 0 bridgehead atoms. The smallest absolute Gasteiger partial charge is 0.0722 e. The zero-order chi connectivity index (χ0) is 58.7. The highest BCUT2D eigenvalue weighted by Gasteiger charge is 2.23. The second-order valence-electron chi connectivity index (χ2n) is 24.1. The van der Waals surface area contributed by atoms with Crippen LogP contribution in [0.25, 0.3) is 176 Å². The average Bonchev–Trinajstić information content (AvgIpc) is 1.67. The van der Waals surface area contributed by atoms with E-state index in [0.717, 1.165) is 66.6 Å². The third-order valence-electron chi connectivity index (χ3n) is 19.4. The fourth-order valence-corrected chi connectivity index (χ4v) is 15.4. The van der Waals surface area contributed by atoms with Gasteiger partial charge < -0.3 is 9.13 Å². The lowest BCUT2D eigenvalue weighted by Crippen LogP contribution is -2.08. The highest BCUT2D eigenvalue weighted by molar-refractivity contribution is 6.17. The van der Waals surface area contributed by atoms with Gasteiger partial charge in [-0.1, -0.05) is 200 Å². The molecular formula is C84H52N6. The summed E-state index contributed by atoms with van der Waals surface area (Å²) < 4.78 is 14.6. The van der Waals surface area contributed by atoms with Crippen molar-refractivity contribution in [2.75, 3.05) is 0 Å². The van der Waals surface area contributed by atoms with Crippen LogP contribution in [0.4, 0.5) is 0 Å². The number of para-hydroxylation sites is 8. The number of rotatable bonds is 7. The van der Waals surface area contributed by atoms with Gasteiger partial charge in [0.2, 0.25) is 0 Å². The first-order valence-electron chi connectivity index (χ1n) is 31.0. The molecule has 6 heterocycles. The molecule has 0 atom stereocenters. The Morgan fingerprint density at radius 2 is 0.356 bits per heavy atom. The van der Waals surface area contributed by atoms with Crippen molar-refractivity contribution >= 4 is 131 Å². The Bertz CT molecular complexity index is 6400. The molecule has 0 aliphatic heterocycles. The van der Waals surface area contributed by atoms with Gasteiger partial charge in [-0.05, 0) is 149 Å². The van der Waals surface area contributed by atoms with E-state index in [-0.39, 0.29) is 0 Å². The number of hydrogen-bond acceptors (Lipinski definition) is 0. The molecule has 0 spiro atoms. The fourth-order valence-electron chi connectivity index (χ4n) is 15.4. The van der Waals surface area contributed by atoms with Crippen LogP contribution in [0.3, 0.4) is 0 Å². The predicted molar refractivity (Wildman–Crippen MR) is 378 cm³/mol. The van der Waals surface area contributed by atoms with Crippen molar-refractivity contribution in [2.45, 2.75) is 0 Å². The molecule has 6 aromatic heterocycles. The second-order valence-corrected chi connectivity index (χ2v) is 24.1. The van der Waals surface area contributed by atoms with Gasteiger partial charge in [0.15, 0.2) is 0 Å². The maximum Gasteiger partial charge on any atom is 0.0722 e. The Morgan fingerprint density at radius 3 is 0.767 bits per heavy atom. The van der Waals surface area contributed by atoms with Gasteiger partial charge in [-0.15, -0.1) is 0 Å². The van der Waals surface area contributed by atoms with Gasteiger partial charge in [-0.2, -0.15) is 0 Å². The zero-order valence-corrected chi connectivity index (χ0v) is 48.7. The van der Waals surface area contributed by atoms with Crippen LogP contribution in [-0.4, -0.2) is 27.8 Å². The molecule has 418 valence electrons. The lowest BCUT2D eigenvalue weighted by atomic mass is 10.0. The first kappa shape index (κ1) is 49.0. The van der Waals surface area contributed by atoms with Gasteiger partial charge in [-0.3, -0.25) is 0 Å². The van der Waals surface area contributed by atoms with Crippen LogP contribution < -0.4 is 0 Å². The first-order chi connectivity index (χ1) is 44.7. The van der Waals surface area contributed by atoms with E-state index in [1.807, 2.05) is 0 Å². The molecular weight excluding hydrogens is 1090 g/mol. The molecule has 14 aromatic carbocycles. The van der Waals surface area contributed by atoms with Crippen molar-refractivity contribution in [2.24, 2.45) is 0 Å². The van der Waals surface area contributed by atoms with E-state index in [4.69, 9.17) is 0 Å². The summed E-state index contributed by atoms with van der Waals surface area (Å²) in [6.45, 7) is 0. The zero-order valence-electron chi connectivity index (χ0n) is 48.7. The normalized spacial score (nSPS) is 12.2. The number of nitrogens with zero attached hydrogens (tertiary/aromatic N) is 6. The van der Waals surface area contributed by atoms with Crippen LogP contribution in [0, 0.1) is 0 Å². The van der Waals surface area contributed by atoms with Crippen LogP contribution in [0.5, 0.6) is 0 Å². The fraction of sp³-hybridized carbons (Fsp3) is 0.